The molecule has 0 unspecified atom stereocenters. The largest absolute Gasteiger partial charge is 0.382 e. The maximum atomic E-state index is 12.7. The van der Waals surface area contributed by atoms with Crippen molar-refractivity contribution in [2.75, 3.05) is 10.6 Å². The summed E-state index contributed by atoms with van der Waals surface area (Å²) in [5.41, 5.74) is 2.83. The molecule has 0 radical (unpaired) electrons. The van der Waals surface area contributed by atoms with Crippen LogP contribution in [0.25, 0.3) is 10.9 Å². The van der Waals surface area contributed by atoms with Crippen molar-refractivity contribution in [3.05, 3.63) is 60.6 Å². The molecule has 1 amide bonds. The minimum atomic E-state index is -0.226. The van der Waals surface area contributed by atoms with Gasteiger partial charge in [0.25, 0.3) is 5.91 Å². The molecule has 2 aromatic heterocycles. The minimum Gasteiger partial charge on any atom is -0.382 e. The van der Waals surface area contributed by atoms with E-state index in [1.165, 1.54) is 32.1 Å². The summed E-state index contributed by atoms with van der Waals surface area (Å²) < 4.78 is 0. The summed E-state index contributed by atoms with van der Waals surface area (Å²) in [4.78, 5) is 21.3. The smallest absolute Gasteiger partial charge is 0.274 e. The average Bonchev–Trinajstić information content (AvgIpc) is 2.69. The third kappa shape index (κ3) is 3.67. The molecular formula is C21H22N4O. The third-order valence-electron chi connectivity index (χ3n) is 4.85. The van der Waals surface area contributed by atoms with E-state index in [2.05, 4.69) is 20.6 Å². The van der Waals surface area contributed by atoms with E-state index in [1.807, 2.05) is 42.5 Å². The van der Waals surface area contributed by atoms with Gasteiger partial charge in [0.1, 0.15) is 5.69 Å². The SMILES string of the molecule is O=C(Nc1cccc2cccnc12)c1cc(NC2CCCCC2)ccn1. The first-order valence-electron chi connectivity index (χ1n) is 9.17. The highest BCUT2D eigenvalue weighted by Crippen LogP contribution is 2.23. The Kier molecular flexibility index (Phi) is 4.78. The molecule has 3 aromatic rings. The predicted octanol–water partition coefficient (Wildman–Crippen LogP) is 4.63. The van der Waals surface area contributed by atoms with Gasteiger partial charge in [-0.25, -0.2) is 0 Å². The number of hydrogen-bond acceptors (Lipinski definition) is 4. The van der Waals surface area contributed by atoms with Crippen LogP contribution in [0.5, 0.6) is 0 Å². The van der Waals surface area contributed by atoms with Crippen LogP contribution in [-0.2, 0) is 0 Å². The normalized spacial score (nSPS) is 14.9. The second-order valence-corrected chi connectivity index (χ2v) is 6.74. The Labute approximate surface area is 152 Å². The zero-order chi connectivity index (χ0) is 17.8. The molecule has 2 heterocycles. The quantitative estimate of drug-likeness (QED) is 0.723. The molecule has 26 heavy (non-hydrogen) atoms. The van der Waals surface area contributed by atoms with Gasteiger partial charge in [-0.15, -0.1) is 0 Å². The summed E-state index contributed by atoms with van der Waals surface area (Å²) >= 11 is 0. The third-order valence-corrected chi connectivity index (χ3v) is 4.85. The van der Waals surface area contributed by atoms with Gasteiger partial charge < -0.3 is 10.6 Å². The maximum Gasteiger partial charge on any atom is 0.274 e. The number of rotatable bonds is 4. The standard InChI is InChI=1S/C21H22N4O/c26-21(25-18-10-4-6-15-7-5-12-23-20(15)18)19-14-17(11-13-22-19)24-16-8-2-1-3-9-16/h4-7,10-14,16H,1-3,8-9H2,(H,22,24)(H,25,26). The molecule has 1 saturated carbocycles. The summed E-state index contributed by atoms with van der Waals surface area (Å²) in [6.07, 6.45) is 9.64. The molecule has 2 N–H and O–H groups in total. The Bertz CT molecular complexity index is 913. The molecular weight excluding hydrogens is 324 g/mol. The van der Waals surface area contributed by atoms with Crippen LogP contribution in [-0.4, -0.2) is 21.9 Å². The van der Waals surface area contributed by atoms with Crippen LogP contribution in [0.4, 0.5) is 11.4 Å². The number of aromatic nitrogens is 2. The second kappa shape index (κ2) is 7.52. The lowest BCUT2D eigenvalue weighted by atomic mass is 9.95. The highest BCUT2D eigenvalue weighted by Gasteiger charge is 2.15. The molecule has 1 aliphatic carbocycles. The highest BCUT2D eigenvalue weighted by molar-refractivity contribution is 6.07. The number of carbonyl (C=O) groups excluding carboxylic acids is 1. The van der Waals surface area contributed by atoms with Gasteiger partial charge in [-0.3, -0.25) is 14.8 Å². The number of carbonyl (C=O) groups is 1. The van der Waals surface area contributed by atoms with Crippen LogP contribution in [0.15, 0.2) is 54.9 Å². The van der Waals surface area contributed by atoms with Crippen LogP contribution in [0.1, 0.15) is 42.6 Å². The number of nitrogens with one attached hydrogen (secondary N) is 2. The summed E-state index contributed by atoms with van der Waals surface area (Å²) in [5.74, 6) is -0.226. The molecule has 5 heteroatoms. The Morgan fingerprint density at radius 2 is 1.81 bits per heavy atom. The maximum absolute atomic E-state index is 12.7. The van der Waals surface area contributed by atoms with E-state index in [4.69, 9.17) is 0 Å². The van der Waals surface area contributed by atoms with Crippen LogP contribution in [0.3, 0.4) is 0 Å². The molecule has 132 valence electrons. The lowest BCUT2D eigenvalue weighted by Crippen LogP contribution is -2.22. The van der Waals surface area contributed by atoms with Crippen molar-refractivity contribution in [2.45, 2.75) is 38.1 Å². The van der Waals surface area contributed by atoms with E-state index in [0.717, 1.165) is 16.6 Å². The first-order valence-corrected chi connectivity index (χ1v) is 9.17. The number of amides is 1. The predicted molar refractivity (Wildman–Crippen MR) is 104 cm³/mol. The zero-order valence-electron chi connectivity index (χ0n) is 14.6. The number of nitrogens with zero attached hydrogens (tertiary/aromatic N) is 2. The number of benzene rings is 1. The highest BCUT2D eigenvalue weighted by atomic mass is 16.1. The van der Waals surface area contributed by atoms with Gasteiger partial charge in [-0.2, -0.15) is 0 Å². The Balaban J connectivity index is 1.51. The molecule has 0 spiro atoms. The van der Waals surface area contributed by atoms with Crippen molar-refractivity contribution in [3.63, 3.8) is 0 Å². The molecule has 1 aliphatic rings. The molecule has 0 saturated heterocycles. The molecule has 0 aliphatic heterocycles. The topological polar surface area (TPSA) is 66.9 Å². The zero-order valence-corrected chi connectivity index (χ0v) is 14.6. The van der Waals surface area contributed by atoms with Crippen molar-refractivity contribution in [2.24, 2.45) is 0 Å². The summed E-state index contributed by atoms with van der Waals surface area (Å²) in [6, 6.07) is 13.8. The molecule has 1 fully saturated rings. The van der Waals surface area contributed by atoms with Crippen molar-refractivity contribution >= 4 is 28.2 Å². The number of anilines is 2. The van der Waals surface area contributed by atoms with E-state index in [0.29, 0.717) is 17.4 Å². The van der Waals surface area contributed by atoms with Gasteiger partial charge in [-0.1, -0.05) is 37.5 Å². The fraction of sp³-hybridized carbons (Fsp3) is 0.286. The van der Waals surface area contributed by atoms with Crippen LogP contribution in [0.2, 0.25) is 0 Å². The first kappa shape index (κ1) is 16.5. The Morgan fingerprint density at radius 1 is 0.962 bits per heavy atom. The number of hydrogen-bond donors (Lipinski definition) is 2. The van der Waals surface area contributed by atoms with Gasteiger partial charge in [0.15, 0.2) is 0 Å². The van der Waals surface area contributed by atoms with Gasteiger partial charge in [0.05, 0.1) is 11.2 Å². The fourth-order valence-corrected chi connectivity index (χ4v) is 3.52. The summed E-state index contributed by atoms with van der Waals surface area (Å²) in [5, 5.41) is 7.47. The number of pyridine rings is 2. The number of fused-ring (bicyclic) bond motifs is 1. The van der Waals surface area contributed by atoms with Crippen molar-refractivity contribution < 1.29 is 4.79 Å². The first-order chi connectivity index (χ1) is 12.8. The molecule has 1 aromatic carbocycles. The molecule has 5 nitrogen and oxygen atoms in total. The fourth-order valence-electron chi connectivity index (χ4n) is 3.52. The molecule has 4 rings (SSSR count). The van der Waals surface area contributed by atoms with Crippen LogP contribution in [0, 0.1) is 0 Å². The van der Waals surface area contributed by atoms with Crippen LogP contribution >= 0.6 is 0 Å². The van der Waals surface area contributed by atoms with E-state index in [-0.39, 0.29) is 5.91 Å². The van der Waals surface area contributed by atoms with E-state index in [9.17, 15) is 4.79 Å². The second-order valence-electron chi connectivity index (χ2n) is 6.74. The van der Waals surface area contributed by atoms with Gasteiger partial charge in [-0.05, 0) is 37.1 Å². The minimum absolute atomic E-state index is 0.226. The van der Waals surface area contributed by atoms with Crippen LogP contribution < -0.4 is 10.6 Å². The van der Waals surface area contributed by atoms with Crippen molar-refractivity contribution in [3.8, 4) is 0 Å². The van der Waals surface area contributed by atoms with Crippen molar-refractivity contribution in [1.82, 2.24) is 9.97 Å². The average molecular weight is 346 g/mol. The van der Waals surface area contributed by atoms with Gasteiger partial charge in [0, 0.05) is 29.5 Å². The van der Waals surface area contributed by atoms with Crippen molar-refractivity contribution in [1.29, 1.82) is 0 Å². The molecule has 0 atom stereocenters. The van der Waals surface area contributed by atoms with E-state index in [1.54, 1.807) is 12.4 Å². The summed E-state index contributed by atoms with van der Waals surface area (Å²) in [6.45, 7) is 0. The Hall–Kier alpha value is -2.95. The van der Waals surface area contributed by atoms with Gasteiger partial charge in [0.2, 0.25) is 0 Å². The Morgan fingerprint density at radius 3 is 2.69 bits per heavy atom. The lowest BCUT2D eigenvalue weighted by molar-refractivity contribution is 0.102. The summed E-state index contributed by atoms with van der Waals surface area (Å²) in [7, 11) is 0. The molecule has 0 bridgehead atoms. The van der Waals surface area contributed by atoms with E-state index < -0.39 is 0 Å². The number of para-hydroxylation sites is 1. The monoisotopic (exact) mass is 346 g/mol. The van der Waals surface area contributed by atoms with E-state index >= 15 is 0 Å². The van der Waals surface area contributed by atoms with Gasteiger partial charge >= 0.3 is 0 Å². The lowest BCUT2D eigenvalue weighted by Gasteiger charge is -2.23.